The second-order valence-corrected chi connectivity index (χ2v) is 4.95. The molecule has 1 aromatic rings. The van der Waals surface area contributed by atoms with Crippen LogP contribution in [0, 0.1) is 6.92 Å². The van der Waals surface area contributed by atoms with Crippen molar-refractivity contribution in [2.24, 2.45) is 0 Å². The van der Waals surface area contributed by atoms with Crippen molar-refractivity contribution in [1.82, 2.24) is 15.3 Å². The van der Waals surface area contributed by atoms with Gasteiger partial charge in [0, 0.05) is 29.9 Å². The van der Waals surface area contributed by atoms with Gasteiger partial charge in [-0.3, -0.25) is 0 Å². The Kier molecular flexibility index (Phi) is 4.49. The van der Waals surface area contributed by atoms with E-state index in [0.717, 1.165) is 24.6 Å². The lowest BCUT2D eigenvalue weighted by molar-refractivity contribution is 0.427. The van der Waals surface area contributed by atoms with Crippen LogP contribution in [0.5, 0.6) is 0 Å². The Morgan fingerprint density at radius 2 is 2.06 bits per heavy atom. The Morgan fingerprint density at radius 1 is 1.29 bits per heavy atom. The summed E-state index contributed by atoms with van der Waals surface area (Å²) >= 11 is 0. The van der Waals surface area contributed by atoms with Gasteiger partial charge in [0.25, 0.3) is 0 Å². The summed E-state index contributed by atoms with van der Waals surface area (Å²) in [4.78, 5) is 9.26. The monoisotopic (exact) mass is 233 g/mol. The van der Waals surface area contributed by atoms with Crippen LogP contribution in [0.1, 0.15) is 62.0 Å². The van der Waals surface area contributed by atoms with Gasteiger partial charge in [-0.1, -0.05) is 26.2 Å². The van der Waals surface area contributed by atoms with E-state index in [9.17, 15) is 0 Å². The van der Waals surface area contributed by atoms with E-state index in [4.69, 9.17) is 4.98 Å². The molecule has 0 atom stereocenters. The second kappa shape index (κ2) is 6.10. The molecule has 1 N–H and O–H groups in total. The van der Waals surface area contributed by atoms with Crippen molar-refractivity contribution in [3.05, 3.63) is 23.3 Å². The number of aryl methyl sites for hydroxylation is 1. The predicted molar refractivity (Wildman–Crippen MR) is 70.0 cm³/mol. The number of hydrogen-bond acceptors (Lipinski definition) is 3. The summed E-state index contributed by atoms with van der Waals surface area (Å²) in [6.45, 7) is 6.09. The van der Waals surface area contributed by atoms with Gasteiger partial charge in [0.15, 0.2) is 0 Å². The first-order valence-electron chi connectivity index (χ1n) is 6.84. The van der Waals surface area contributed by atoms with E-state index >= 15 is 0 Å². The number of nitrogens with one attached hydrogen (secondary N) is 1. The summed E-state index contributed by atoms with van der Waals surface area (Å²) in [5, 5.41) is 3.32. The predicted octanol–water partition coefficient (Wildman–Crippen LogP) is 2.94. The minimum Gasteiger partial charge on any atom is -0.313 e. The molecule has 3 nitrogen and oxygen atoms in total. The minimum absolute atomic E-state index is 0.607. The maximum Gasteiger partial charge on any atom is 0.131 e. The van der Waals surface area contributed by atoms with Crippen LogP contribution in [-0.2, 0) is 6.54 Å². The fourth-order valence-corrected chi connectivity index (χ4v) is 2.50. The van der Waals surface area contributed by atoms with E-state index in [1.807, 2.05) is 6.20 Å². The molecule has 1 fully saturated rings. The zero-order valence-electron chi connectivity index (χ0n) is 11.0. The number of nitrogens with zero attached hydrogens (tertiary/aromatic N) is 2. The molecule has 0 unspecified atom stereocenters. The lowest BCUT2D eigenvalue weighted by Crippen LogP contribution is -2.15. The van der Waals surface area contributed by atoms with Crippen molar-refractivity contribution in [3.8, 4) is 0 Å². The van der Waals surface area contributed by atoms with Crippen molar-refractivity contribution >= 4 is 0 Å². The Morgan fingerprint density at radius 3 is 2.71 bits per heavy atom. The van der Waals surface area contributed by atoms with E-state index < -0.39 is 0 Å². The highest BCUT2D eigenvalue weighted by molar-refractivity contribution is 5.17. The molecule has 1 heterocycles. The molecule has 0 radical (unpaired) electrons. The molecular weight excluding hydrogens is 210 g/mol. The van der Waals surface area contributed by atoms with E-state index in [-0.39, 0.29) is 0 Å². The summed E-state index contributed by atoms with van der Waals surface area (Å²) in [5.74, 6) is 1.68. The molecule has 1 aromatic heterocycles. The van der Waals surface area contributed by atoms with Crippen molar-refractivity contribution < 1.29 is 0 Å². The Balaban J connectivity index is 2.06. The van der Waals surface area contributed by atoms with Crippen LogP contribution in [0.15, 0.2) is 6.20 Å². The van der Waals surface area contributed by atoms with Gasteiger partial charge in [0.1, 0.15) is 5.82 Å². The van der Waals surface area contributed by atoms with Gasteiger partial charge < -0.3 is 5.32 Å². The Hall–Kier alpha value is -0.960. The van der Waals surface area contributed by atoms with Gasteiger partial charge in [-0.2, -0.15) is 0 Å². The second-order valence-electron chi connectivity index (χ2n) is 4.95. The minimum atomic E-state index is 0.607. The van der Waals surface area contributed by atoms with Crippen LogP contribution < -0.4 is 5.32 Å². The van der Waals surface area contributed by atoms with Gasteiger partial charge in [-0.15, -0.1) is 0 Å². The third-order valence-electron chi connectivity index (χ3n) is 3.64. The van der Waals surface area contributed by atoms with E-state index in [1.165, 1.54) is 37.7 Å². The van der Waals surface area contributed by atoms with E-state index in [2.05, 4.69) is 24.1 Å². The normalized spacial score (nSPS) is 17.3. The smallest absolute Gasteiger partial charge is 0.131 e. The summed E-state index contributed by atoms with van der Waals surface area (Å²) in [5.41, 5.74) is 2.37. The molecule has 1 aliphatic carbocycles. The molecule has 2 rings (SSSR count). The fourth-order valence-electron chi connectivity index (χ4n) is 2.50. The summed E-state index contributed by atoms with van der Waals surface area (Å²) in [7, 11) is 0. The molecule has 1 aliphatic rings. The van der Waals surface area contributed by atoms with E-state index in [1.54, 1.807) is 0 Å². The van der Waals surface area contributed by atoms with Crippen molar-refractivity contribution in [1.29, 1.82) is 0 Å². The SMILES string of the molecule is CCNCc1cnc(C2CCCCC2)nc1C. The summed E-state index contributed by atoms with van der Waals surface area (Å²) in [6, 6.07) is 0. The molecule has 0 saturated heterocycles. The van der Waals surface area contributed by atoms with Crippen LogP contribution in [0.25, 0.3) is 0 Å². The third-order valence-corrected chi connectivity index (χ3v) is 3.64. The topological polar surface area (TPSA) is 37.8 Å². The van der Waals surface area contributed by atoms with Crippen LogP contribution in [0.4, 0.5) is 0 Å². The fraction of sp³-hybridized carbons (Fsp3) is 0.714. The maximum atomic E-state index is 4.70. The quantitative estimate of drug-likeness (QED) is 0.869. The number of rotatable bonds is 4. The molecule has 94 valence electrons. The van der Waals surface area contributed by atoms with Crippen molar-refractivity contribution in [3.63, 3.8) is 0 Å². The molecular formula is C14H23N3. The van der Waals surface area contributed by atoms with Crippen LogP contribution >= 0.6 is 0 Å². The Bertz CT molecular complexity index is 356. The highest BCUT2D eigenvalue weighted by Gasteiger charge is 2.18. The van der Waals surface area contributed by atoms with Gasteiger partial charge in [0.05, 0.1) is 0 Å². The Labute approximate surface area is 104 Å². The van der Waals surface area contributed by atoms with Crippen molar-refractivity contribution in [2.75, 3.05) is 6.54 Å². The number of aromatic nitrogens is 2. The van der Waals surface area contributed by atoms with Gasteiger partial charge in [-0.25, -0.2) is 9.97 Å². The van der Waals surface area contributed by atoms with Crippen molar-refractivity contribution in [2.45, 2.75) is 58.4 Å². The zero-order chi connectivity index (χ0) is 12.1. The first kappa shape index (κ1) is 12.5. The molecule has 0 aliphatic heterocycles. The third kappa shape index (κ3) is 3.25. The largest absolute Gasteiger partial charge is 0.313 e. The average Bonchev–Trinajstić information content (AvgIpc) is 2.38. The summed E-state index contributed by atoms with van der Waals surface area (Å²) in [6.07, 6.45) is 8.61. The van der Waals surface area contributed by atoms with Crippen LogP contribution in [0.3, 0.4) is 0 Å². The molecule has 0 bridgehead atoms. The first-order valence-corrected chi connectivity index (χ1v) is 6.84. The highest BCUT2D eigenvalue weighted by Crippen LogP contribution is 2.30. The number of hydrogen-bond donors (Lipinski definition) is 1. The average molecular weight is 233 g/mol. The first-order chi connectivity index (χ1) is 8.31. The molecule has 17 heavy (non-hydrogen) atoms. The molecule has 0 aromatic carbocycles. The molecule has 0 amide bonds. The standard InChI is InChI=1S/C14H23N3/c1-3-15-9-13-10-16-14(17-11(13)2)12-7-5-4-6-8-12/h10,12,15H,3-9H2,1-2H3. The molecule has 0 spiro atoms. The van der Waals surface area contributed by atoms with Gasteiger partial charge in [0.2, 0.25) is 0 Å². The van der Waals surface area contributed by atoms with E-state index in [0.29, 0.717) is 5.92 Å². The zero-order valence-corrected chi connectivity index (χ0v) is 11.0. The molecule has 1 saturated carbocycles. The van der Waals surface area contributed by atoms with Gasteiger partial charge in [-0.05, 0) is 26.3 Å². The summed E-state index contributed by atoms with van der Waals surface area (Å²) < 4.78 is 0. The van der Waals surface area contributed by atoms with Crippen LogP contribution in [-0.4, -0.2) is 16.5 Å². The molecule has 3 heteroatoms. The van der Waals surface area contributed by atoms with Crippen LogP contribution in [0.2, 0.25) is 0 Å². The maximum absolute atomic E-state index is 4.70. The lowest BCUT2D eigenvalue weighted by Gasteiger charge is -2.20. The lowest BCUT2D eigenvalue weighted by atomic mass is 9.88. The van der Waals surface area contributed by atoms with Gasteiger partial charge >= 0.3 is 0 Å². The highest BCUT2D eigenvalue weighted by atomic mass is 14.9.